The molecule has 3 aliphatic rings. The van der Waals surface area contributed by atoms with Crippen LogP contribution in [0.2, 0.25) is 0 Å². The average molecular weight is 436 g/mol. The number of amides is 2. The Balaban J connectivity index is 0.00000256. The van der Waals surface area contributed by atoms with Gasteiger partial charge in [0.25, 0.3) is 0 Å². The van der Waals surface area contributed by atoms with E-state index in [0.29, 0.717) is 39.0 Å². The fraction of sp³-hybridized carbons (Fsp3) is 0.591. The first-order valence-corrected chi connectivity index (χ1v) is 10.6. The van der Waals surface area contributed by atoms with E-state index in [4.69, 9.17) is 0 Å². The molecule has 8 heteroatoms. The zero-order valence-electron chi connectivity index (χ0n) is 17.1. The molecule has 2 heterocycles. The van der Waals surface area contributed by atoms with Crippen LogP contribution in [0, 0.1) is 17.3 Å². The molecular weight excluding hydrogens is 406 g/mol. The Kier molecular flexibility index (Phi) is 7.03. The maximum atomic E-state index is 12.8. The maximum absolute atomic E-state index is 12.8. The monoisotopic (exact) mass is 435 g/mol. The number of hydrogen-bond acceptors (Lipinski definition) is 4. The van der Waals surface area contributed by atoms with E-state index in [9.17, 15) is 19.5 Å². The van der Waals surface area contributed by atoms with Crippen LogP contribution in [0.4, 0.5) is 5.69 Å². The van der Waals surface area contributed by atoms with Gasteiger partial charge in [-0.15, -0.1) is 12.4 Å². The lowest BCUT2D eigenvalue weighted by Gasteiger charge is -2.32. The number of carboxylic acid groups (broad SMARTS) is 1. The highest BCUT2D eigenvalue weighted by Gasteiger charge is 2.54. The maximum Gasteiger partial charge on any atom is 0.311 e. The first-order chi connectivity index (χ1) is 14.0. The minimum absolute atomic E-state index is 0. The van der Waals surface area contributed by atoms with Gasteiger partial charge in [-0.2, -0.15) is 0 Å². The van der Waals surface area contributed by atoms with Crippen LogP contribution < -0.4 is 5.32 Å². The topological polar surface area (TPSA) is 90.0 Å². The Hall–Kier alpha value is -2.12. The molecule has 1 saturated carbocycles. The van der Waals surface area contributed by atoms with Gasteiger partial charge in [-0.05, 0) is 43.7 Å². The zero-order valence-corrected chi connectivity index (χ0v) is 17.9. The third kappa shape index (κ3) is 4.47. The zero-order chi connectivity index (χ0) is 20.4. The van der Waals surface area contributed by atoms with Crippen molar-refractivity contribution in [3.63, 3.8) is 0 Å². The van der Waals surface area contributed by atoms with Crippen molar-refractivity contribution in [2.75, 3.05) is 38.0 Å². The number of halogens is 1. The summed E-state index contributed by atoms with van der Waals surface area (Å²) in [5.41, 5.74) is 0.144. The van der Waals surface area contributed by atoms with Gasteiger partial charge in [-0.25, -0.2) is 0 Å². The van der Waals surface area contributed by atoms with Crippen molar-refractivity contribution in [2.24, 2.45) is 17.3 Å². The van der Waals surface area contributed by atoms with Gasteiger partial charge < -0.3 is 15.3 Å². The Labute approximate surface area is 183 Å². The van der Waals surface area contributed by atoms with Gasteiger partial charge in [0, 0.05) is 37.8 Å². The smallest absolute Gasteiger partial charge is 0.311 e. The number of benzene rings is 1. The third-order valence-corrected chi connectivity index (χ3v) is 6.99. The standard InChI is InChI=1S/C22H29N3O4.ClH/c26-19(14-24-13-17-5-4-10-22(17,15-24)21(28)29)25-11-8-16(9-12-25)20(27)23-18-6-2-1-3-7-18;/h1-3,6-7,16-17H,4-5,8-15H2,(H,23,27)(H,28,29);1H/t17-,22+;/m0./s1. The van der Waals surface area contributed by atoms with Crippen molar-refractivity contribution < 1.29 is 19.5 Å². The molecular formula is C22H30ClN3O4. The number of carbonyl (C=O) groups is 3. The van der Waals surface area contributed by atoms with Crippen molar-refractivity contribution in [1.82, 2.24) is 9.80 Å². The second kappa shape index (κ2) is 9.35. The van der Waals surface area contributed by atoms with E-state index >= 15 is 0 Å². The Bertz CT molecular complexity index is 782. The molecule has 0 spiro atoms. The Morgan fingerprint density at radius 3 is 2.43 bits per heavy atom. The van der Waals surface area contributed by atoms with Crippen molar-refractivity contribution in [2.45, 2.75) is 32.1 Å². The summed E-state index contributed by atoms with van der Waals surface area (Å²) >= 11 is 0. The summed E-state index contributed by atoms with van der Waals surface area (Å²) in [5, 5.41) is 12.6. The van der Waals surface area contributed by atoms with E-state index in [1.807, 2.05) is 40.1 Å². The first kappa shape index (κ1) is 22.6. The fourth-order valence-corrected chi connectivity index (χ4v) is 5.31. The van der Waals surface area contributed by atoms with Crippen LogP contribution in [-0.2, 0) is 14.4 Å². The number of likely N-dealkylation sites (tertiary alicyclic amines) is 2. The number of nitrogens with one attached hydrogen (secondary N) is 1. The number of anilines is 1. The van der Waals surface area contributed by atoms with Crippen LogP contribution in [0.3, 0.4) is 0 Å². The quantitative estimate of drug-likeness (QED) is 0.741. The average Bonchev–Trinajstić information content (AvgIpc) is 3.27. The molecule has 1 aromatic carbocycles. The summed E-state index contributed by atoms with van der Waals surface area (Å²) in [6, 6.07) is 9.42. The Morgan fingerprint density at radius 1 is 1.10 bits per heavy atom. The minimum Gasteiger partial charge on any atom is -0.481 e. The summed E-state index contributed by atoms with van der Waals surface area (Å²) in [6.45, 7) is 2.62. The molecule has 164 valence electrons. The van der Waals surface area contributed by atoms with Gasteiger partial charge in [-0.3, -0.25) is 19.3 Å². The van der Waals surface area contributed by atoms with E-state index in [1.54, 1.807) is 0 Å². The van der Waals surface area contributed by atoms with Gasteiger partial charge in [0.2, 0.25) is 11.8 Å². The number of fused-ring (bicyclic) bond motifs is 1. The van der Waals surface area contributed by atoms with Gasteiger partial charge >= 0.3 is 5.97 Å². The van der Waals surface area contributed by atoms with E-state index < -0.39 is 11.4 Å². The summed E-state index contributed by atoms with van der Waals surface area (Å²) in [7, 11) is 0. The van der Waals surface area contributed by atoms with E-state index in [2.05, 4.69) is 5.32 Å². The van der Waals surface area contributed by atoms with Crippen LogP contribution >= 0.6 is 12.4 Å². The lowest BCUT2D eigenvalue weighted by atomic mass is 9.81. The molecule has 2 aliphatic heterocycles. The van der Waals surface area contributed by atoms with Crippen molar-refractivity contribution >= 4 is 35.9 Å². The molecule has 1 aromatic rings. The molecule has 7 nitrogen and oxygen atoms in total. The highest BCUT2D eigenvalue weighted by Crippen LogP contribution is 2.48. The van der Waals surface area contributed by atoms with Gasteiger partial charge in [0.15, 0.2) is 0 Å². The van der Waals surface area contributed by atoms with Crippen molar-refractivity contribution in [1.29, 1.82) is 0 Å². The normalized spacial score (nSPS) is 26.7. The molecule has 2 N–H and O–H groups in total. The predicted octanol–water partition coefficient (Wildman–Crippen LogP) is 2.47. The predicted molar refractivity (Wildman–Crippen MR) is 115 cm³/mol. The second-order valence-corrected chi connectivity index (χ2v) is 8.73. The molecule has 3 fully saturated rings. The van der Waals surface area contributed by atoms with Gasteiger partial charge in [0.05, 0.1) is 12.0 Å². The van der Waals surface area contributed by atoms with Crippen LogP contribution in [0.5, 0.6) is 0 Å². The van der Waals surface area contributed by atoms with E-state index in [1.165, 1.54) is 0 Å². The van der Waals surface area contributed by atoms with Gasteiger partial charge in [0.1, 0.15) is 0 Å². The summed E-state index contributed by atoms with van der Waals surface area (Å²) in [6.07, 6.45) is 3.95. The Morgan fingerprint density at radius 2 is 1.80 bits per heavy atom. The molecule has 0 bridgehead atoms. The molecule has 0 radical (unpaired) electrons. The van der Waals surface area contributed by atoms with E-state index in [0.717, 1.165) is 24.9 Å². The summed E-state index contributed by atoms with van der Waals surface area (Å²) in [4.78, 5) is 40.9. The number of nitrogens with zero attached hydrogens (tertiary/aromatic N) is 2. The summed E-state index contributed by atoms with van der Waals surface area (Å²) < 4.78 is 0. The molecule has 0 unspecified atom stereocenters. The second-order valence-electron chi connectivity index (χ2n) is 8.73. The van der Waals surface area contributed by atoms with Crippen LogP contribution in [0.1, 0.15) is 32.1 Å². The fourth-order valence-electron chi connectivity index (χ4n) is 5.31. The van der Waals surface area contributed by atoms with Crippen LogP contribution in [0.25, 0.3) is 0 Å². The number of para-hydroxylation sites is 1. The number of hydrogen-bond donors (Lipinski definition) is 2. The highest BCUT2D eigenvalue weighted by atomic mass is 35.5. The van der Waals surface area contributed by atoms with Crippen molar-refractivity contribution in [3.05, 3.63) is 30.3 Å². The number of piperidine rings is 1. The molecule has 0 aromatic heterocycles. The molecule has 2 atom stereocenters. The molecule has 2 amide bonds. The highest BCUT2D eigenvalue weighted by molar-refractivity contribution is 5.92. The van der Waals surface area contributed by atoms with Gasteiger partial charge in [-0.1, -0.05) is 24.6 Å². The number of aliphatic carboxylic acids is 1. The SMILES string of the molecule is Cl.O=C(Nc1ccccc1)C1CCN(C(=O)CN2C[C@@H]3CCC[C@@]3(C(=O)O)C2)CC1. The lowest BCUT2D eigenvalue weighted by molar-refractivity contribution is -0.149. The van der Waals surface area contributed by atoms with Crippen LogP contribution in [0.15, 0.2) is 30.3 Å². The van der Waals surface area contributed by atoms with Crippen LogP contribution in [-0.4, -0.2) is 65.4 Å². The summed E-state index contributed by atoms with van der Waals surface area (Å²) in [5.74, 6) is -0.562. The van der Waals surface area contributed by atoms with Crippen molar-refractivity contribution in [3.8, 4) is 0 Å². The molecule has 1 aliphatic carbocycles. The van der Waals surface area contributed by atoms with E-state index in [-0.39, 0.29) is 42.6 Å². The molecule has 4 rings (SSSR count). The number of carboxylic acids is 1. The third-order valence-electron chi connectivity index (χ3n) is 6.99. The first-order valence-electron chi connectivity index (χ1n) is 10.6. The lowest BCUT2D eigenvalue weighted by Crippen LogP contribution is -2.46. The molecule has 2 saturated heterocycles. The number of carbonyl (C=O) groups excluding carboxylic acids is 2. The number of rotatable bonds is 5. The largest absolute Gasteiger partial charge is 0.481 e. The molecule has 30 heavy (non-hydrogen) atoms. The minimum atomic E-state index is -0.708.